The normalized spacial score (nSPS) is 45.1. The van der Waals surface area contributed by atoms with Gasteiger partial charge in [-0.25, -0.2) is 0 Å². The van der Waals surface area contributed by atoms with E-state index >= 15 is 0 Å². The van der Waals surface area contributed by atoms with E-state index in [1.54, 1.807) is 0 Å². The van der Waals surface area contributed by atoms with E-state index in [9.17, 15) is 97.0 Å². The van der Waals surface area contributed by atoms with Gasteiger partial charge >= 0.3 is 0 Å². The van der Waals surface area contributed by atoms with Crippen LogP contribution in [0.5, 0.6) is 0 Å². The second-order valence-corrected chi connectivity index (χ2v) is 18.5. The quantitative estimate of drug-likeness (QED) is 0.0282. The maximum absolute atomic E-state index is 11.3. The van der Waals surface area contributed by atoms with Crippen molar-refractivity contribution in [2.45, 2.75) is 204 Å². The Kier molecular flexibility index (Phi) is 25.6. The molecule has 0 bridgehead atoms. The number of hydrogen-bond acceptors (Lipinski definition) is 32. The molecule has 29 atom stereocenters. The topological polar surface area (TPSA) is 521 Å². The van der Waals surface area contributed by atoms with Crippen molar-refractivity contribution in [2.24, 2.45) is 5.73 Å². The van der Waals surface area contributed by atoms with Gasteiger partial charge in [-0.15, -0.1) is 0 Å². The highest BCUT2D eigenvalue weighted by molar-refractivity contribution is 4.98. The van der Waals surface area contributed by atoms with Gasteiger partial charge in [0, 0.05) is 13.0 Å². The molecule has 5 rings (SSSR count). The fourth-order valence-electron chi connectivity index (χ4n) is 8.90. The van der Waals surface area contributed by atoms with Gasteiger partial charge in [0.2, 0.25) is 0 Å². The third kappa shape index (κ3) is 15.1. The molecule has 0 spiro atoms. The van der Waals surface area contributed by atoms with Crippen LogP contribution in [0.4, 0.5) is 0 Å². The summed E-state index contributed by atoms with van der Waals surface area (Å²) in [4.78, 5) is 0. The van der Waals surface area contributed by atoms with Gasteiger partial charge in [-0.1, -0.05) is 0 Å². The molecule has 0 aliphatic carbocycles. The van der Waals surface area contributed by atoms with Crippen LogP contribution in [0.3, 0.4) is 0 Å². The lowest BCUT2D eigenvalue weighted by atomic mass is 9.95. The Balaban J connectivity index is 1.20. The predicted molar refractivity (Wildman–Crippen MR) is 233 cm³/mol. The van der Waals surface area contributed by atoms with Crippen molar-refractivity contribution < 1.29 is 154 Å². The average molecular weight is 1090 g/mol. The molecule has 5 heterocycles. The maximum Gasteiger partial charge on any atom is 0.187 e. The summed E-state index contributed by atoms with van der Waals surface area (Å²) in [5.41, 5.74) is 5.51. The van der Waals surface area contributed by atoms with Crippen molar-refractivity contribution in [3.05, 3.63) is 0 Å². The number of aliphatic hydroxyl groups excluding tert-OH is 19. The summed E-state index contributed by atoms with van der Waals surface area (Å²) in [5, 5.41) is 201. The van der Waals surface area contributed by atoms with Gasteiger partial charge in [0.05, 0.1) is 52.4 Å². The molecule has 0 saturated carbocycles. The van der Waals surface area contributed by atoms with E-state index in [1.807, 2.05) is 0 Å². The fraction of sp³-hybridized carbons (Fsp3) is 1.00. The van der Waals surface area contributed by atoms with Crippen LogP contribution in [0.2, 0.25) is 0 Å². The SMILES string of the molecule is CC(O)[C@H](OC(CO)[C@H](CO)O[C@@H]1OC(CO)[C@@H](O[C@H]2OC(CO)[C@H](O[C@H]3OC(CO)[C@@H](O[C@@H]4OC(CO)[C@@H](O)C(O)C4O)C(O)C3O)C(O)C2O)C(O)C1O)O[C@@H]1C(O)CC(O)[C@@H](OCCCCN)OC1CO. The molecule has 5 aliphatic heterocycles. The smallest absolute Gasteiger partial charge is 0.187 e. The van der Waals surface area contributed by atoms with E-state index < -0.39 is 224 Å². The van der Waals surface area contributed by atoms with Gasteiger partial charge in [-0.05, 0) is 26.3 Å². The minimum absolute atomic E-state index is 0.127. The van der Waals surface area contributed by atoms with Crippen LogP contribution in [0, 0.1) is 0 Å². The summed E-state index contributed by atoms with van der Waals surface area (Å²) < 4.78 is 67.7. The number of aliphatic hydroxyl groups is 19. The lowest BCUT2D eigenvalue weighted by Crippen LogP contribution is -2.67. The van der Waals surface area contributed by atoms with Crippen molar-refractivity contribution in [2.75, 3.05) is 59.4 Å². The first kappa shape index (κ1) is 63.6. The lowest BCUT2D eigenvalue weighted by Gasteiger charge is -2.49. The highest BCUT2D eigenvalue weighted by atomic mass is 16.8. The summed E-state index contributed by atoms with van der Waals surface area (Å²) in [5.74, 6) is 0. The molecule has 74 heavy (non-hydrogen) atoms. The summed E-state index contributed by atoms with van der Waals surface area (Å²) >= 11 is 0. The highest BCUT2D eigenvalue weighted by Crippen LogP contribution is 2.35. The van der Waals surface area contributed by atoms with Crippen molar-refractivity contribution in [3.8, 4) is 0 Å². The molecule has 0 aromatic rings. The summed E-state index contributed by atoms with van der Waals surface area (Å²) in [6, 6.07) is 0. The molecule has 0 radical (unpaired) electrons. The second kappa shape index (κ2) is 29.8. The largest absolute Gasteiger partial charge is 0.394 e. The molecule has 5 fully saturated rings. The average Bonchev–Trinajstić information content (AvgIpc) is 3.50. The molecule has 5 saturated heterocycles. The minimum Gasteiger partial charge on any atom is -0.394 e. The number of hydrogen-bond donors (Lipinski definition) is 20. The Hall–Kier alpha value is -1.28. The molecular weight excluding hydrogens is 1010 g/mol. The number of nitrogens with two attached hydrogens (primary N) is 1. The summed E-state index contributed by atoms with van der Waals surface area (Å²) in [7, 11) is 0. The van der Waals surface area contributed by atoms with Gasteiger partial charge in [0.1, 0.15) is 134 Å². The van der Waals surface area contributed by atoms with Crippen LogP contribution in [-0.2, 0) is 56.8 Å². The zero-order valence-corrected chi connectivity index (χ0v) is 40.2. The summed E-state index contributed by atoms with van der Waals surface area (Å²) in [6.07, 6.45) is -50.9. The van der Waals surface area contributed by atoms with Gasteiger partial charge in [-0.3, -0.25) is 0 Å². The Labute approximate surface area is 422 Å². The number of ether oxygens (including phenoxy) is 12. The molecule has 0 aromatic carbocycles. The second-order valence-electron chi connectivity index (χ2n) is 18.5. The molecule has 21 N–H and O–H groups in total. The monoisotopic (exact) mass is 1090 g/mol. The highest BCUT2D eigenvalue weighted by Gasteiger charge is 2.56. The first-order valence-electron chi connectivity index (χ1n) is 24.2. The van der Waals surface area contributed by atoms with Crippen molar-refractivity contribution in [3.63, 3.8) is 0 Å². The van der Waals surface area contributed by atoms with Crippen LogP contribution >= 0.6 is 0 Å². The van der Waals surface area contributed by atoms with Crippen molar-refractivity contribution >= 4 is 0 Å². The van der Waals surface area contributed by atoms with E-state index in [-0.39, 0.29) is 13.0 Å². The Morgan fingerprint density at radius 2 is 0.851 bits per heavy atom. The van der Waals surface area contributed by atoms with Gasteiger partial charge in [0.25, 0.3) is 0 Å². The molecule has 5 aliphatic rings. The molecular formula is C42H77NO31. The number of unbranched alkanes of at least 4 members (excludes halogenated alkanes) is 1. The molecule has 32 nitrogen and oxygen atoms in total. The Bertz CT molecular complexity index is 1580. The van der Waals surface area contributed by atoms with Gasteiger partial charge in [-0.2, -0.15) is 0 Å². The lowest BCUT2D eigenvalue weighted by molar-refractivity contribution is -0.390. The number of rotatable bonds is 26. The summed E-state index contributed by atoms with van der Waals surface area (Å²) in [6.45, 7) is -4.84. The Morgan fingerprint density at radius 3 is 1.28 bits per heavy atom. The van der Waals surface area contributed by atoms with Crippen LogP contribution in [0.15, 0.2) is 0 Å². The minimum atomic E-state index is -2.17. The molecule has 0 amide bonds. The first-order chi connectivity index (χ1) is 35.2. The third-order valence-corrected chi connectivity index (χ3v) is 13.2. The maximum atomic E-state index is 11.3. The van der Waals surface area contributed by atoms with Crippen LogP contribution in [0.1, 0.15) is 26.2 Å². The fourth-order valence-corrected chi connectivity index (χ4v) is 8.90. The van der Waals surface area contributed by atoms with E-state index in [2.05, 4.69) is 0 Å². The first-order valence-corrected chi connectivity index (χ1v) is 24.2. The van der Waals surface area contributed by atoms with Crippen LogP contribution < -0.4 is 5.73 Å². The van der Waals surface area contributed by atoms with Crippen molar-refractivity contribution in [1.82, 2.24) is 0 Å². The van der Waals surface area contributed by atoms with Crippen LogP contribution in [0.25, 0.3) is 0 Å². The van der Waals surface area contributed by atoms with Crippen LogP contribution in [-0.4, -0.2) is 335 Å². The predicted octanol–water partition coefficient (Wildman–Crippen LogP) is -12.3. The van der Waals surface area contributed by atoms with E-state index in [0.717, 1.165) is 0 Å². The molecule has 17 unspecified atom stereocenters. The van der Waals surface area contributed by atoms with E-state index in [0.29, 0.717) is 19.4 Å². The zero-order valence-electron chi connectivity index (χ0n) is 40.2. The zero-order chi connectivity index (χ0) is 54.7. The van der Waals surface area contributed by atoms with E-state index in [4.69, 9.17) is 62.6 Å². The molecule has 0 aromatic heterocycles. The molecule has 436 valence electrons. The van der Waals surface area contributed by atoms with E-state index in [1.165, 1.54) is 6.92 Å². The third-order valence-electron chi connectivity index (χ3n) is 13.2. The Morgan fingerprint density at radius 1 is 0.446 bits per heavy atom. The van der Waals surface area contributed by atoms with Gasteiger partial charge < -0.3 is 160 Å². The van der Waals surface area contributed by atoms with Crippen molar-refractivity contribution in [1.29, 1.82) is 0 Å². The van der Waals surface area contributed by atoms with Gasteiger partial charge in [0.15, 0.2) is 37.7 Å². The molecule has 32 heteroatoms. The standard InChI is InChI=1S/C42H77NO31/c1-14(51)37(71-33-15(52)6-16(53)38(67-20(33)10-47)63-5-3-2-4-43)64-17(7-44)18(8-45)65-39-30(60)26(56)34(21(11-48)68-39)73-41-32(62)28(58)36(23(13-50)70-41)74-42-31(61)27(57)35(22(12-49)69-42)72-40-29(59)25(55)24(54)19(9-46)66-40/h14-42,44-62H,2-13,43H2,1H3/t14?,15?,16?,17?,18-,19?,20?,21?,22?,23?,24+,25?,26?,27?,28?,29?,30?,31?,32?,33+,34+,35+,36-,37+,38-,39+,40-,41+,42+/m0/s1.